The highest BCUT2D eigenvalue weighted by molar-refractivity contribution is 7.14. The van der Waals surface area contributed by atoms with Crippen molar-refractivity contribution in [1.29, 1.82) is 0 Å². The van der Waals surface area contributed by atoms with Crippen molar-refractivity contribution >= 4 is 51.9 Å². The van der Waals surface area contributed by atoms with Crippen molar-refractivity contribution in [3.63, 3.8) is 0 Å². The predicted molar refractivity (Wildman–Crippen MR) is 145 cm³/mol. The van der Waals surface area contributed by atoms with E-state index in [1.807, 2.05) is 30.5 Å². The van der Waals surface area contributed by atoms with Crippen LogP contribution in [0.4, 0.5) is 14.6 Å². The molecule has 1 aromatic carbocycles. The first-order valence-corrected chi connectivity index (χ1v) is 13.2. The van der Waals surface area contributed by atoms with Crippen molar-refractivity contribution < 1.29 is 28.7 Å². The zero-order valence-corrected chi connectivity index (χ0v) is 22.9. The van der Waals surface area contributed by atoms with Gasteiger partial charge < -0.3 is 25.0 Å². The van der Waals surface area contributed by atoms with Crippen LogP contribution in [0, 0.1) is 12.3 Å². The summed E-state index contributed by atoms with van der Waals surface area (Å²) < 4.78 is 10.3. The van der Waals surface area contributed by atoms with Crippen molar-refractivity contribution in [2.75, 3.05) is 31.6 Å². The van der Waals surface area contributed by atoms with E-state index in [-0.39, 0.29) is 63.2 Å². The number of allylic oxidation sites excluding steroid dienone is 1. The van der Waals surface area contributed by atoms with Crippen LogP contribution in [0.15, 0.2) is 48.0 Å². The average Bonchev–Trinajstić information content (AvgIpc) is 3.29. The number of ether oxygens (including phenoxy) is 2. The molecule has 0 radical (unpaired) electrons. The molecule has 3 N–H and O–H groups in total. The van der Waals surface area contributed by atoms with Gasteiger partial charge in [-0.3, -0.25) is 14.9 Å². The highest BCUT2D eigenvalue weighted by atomic mass is 35.5. The fraction of sp³-hybridized carbons (Fsp3) is 0.385. The molecule has 1 aliphatic heterocycles. The number of alkyl carbamates (subject to hydrolysis) is 1. The Balaban J connectivity index is 1.63. The molecule has 0 aliphatic carbocycles. The number of amides is 4. The maximum Gasteiger partial charge on any atom is 0.412 e. The van der Waals surface area contributed by atoms with Crippen LogP contribution in [0.2, 0.25) is 5.02 Å². The number of thiophene rings is 1. The van der Waals surface area contributed by atoms with E-state index in [9.17, 15) is 19.2 Å². The van der Waals surface area contributed by atoms with Gasteiger partial charge in [0.15, 0.2) is 0 Å². The summed E-state index contributed by atoms with van der Waals surface area (Å²) in [6, 6.07) is 9.00. The molecule has 0 spiro atoms. The minimum atomic E-state index is -1.05. The first-order chi connectivity index (χ1) is 18.1. The number of hydrogen-bond acceptors (Lipinski definition) is 7. The van der Waals surface area contributed by atoms with Gasteiger partial charge in [-0.25, -0.2) is 9.59 Å². The van der Waals surface area contributed by atoms with Crippen LogP contribution in [0.1, 0.15) is 30.9 Å². The third-order valence-electron chi connectivity index (χ3n) is 6.04. The number of carbonyl (C=O) groups excluding carboxylic acids is 4. The average molecular weight is 563 g/mol. The second-order valence-electron chi connectivity index (χ2n) is 9.07. The first-order valence-electron chi connectivity index (χ1n) is 12.0. The van der Waals surface area contributed by atoms with Gasteiger partial charge in [-0.05, 0) is 55.3 Å². The minimum absolute atomic E-state index is 0.164. The summed E-state index contributed by atoms with van der Waals surface area (Å²) in [4.78, 5) is 51.7. The Morgan fingerprint density at radius 3 is 2.47 bits per heavy atom. The number of aryl methyl sites for hydroxylation is 1. The largest absolute Gasteiger partial charge is 0.448 e. The van der Waals surface area contributed by atoms with Crippen LogP contribution in [-0.2, 0) is 25.6 Å². The van der Waals surface area contributed by atoms with Gasteiger partial charge in [-0.2, -0.15) is 0 Å². The van der Waals surface area contributed by atoms with Crippen LogP contribution in [-0.4, -0.2) is 55.1 Å². The molecule has 10 nitrogen and oxygen atoms in total. The summed E-state index contributed by atoms with van der Waals surface area (Å²) in [6.45, 7) is 7.18. The zero-order chi connectivity index (χ0) is 27.7. The number of anilines is 1. The molecular formula is C26H31ClN4O6S. The number of likely N-dealkylation sites (tertiary alicyclic amines) is 1. The number of nitrogens with one attached hydrogen (secondary N) is 3. The number of piperidine rings is 1. The molecule has 2 aromatic rings. The second-order valence-corrected chi connectivity index (χ2v) is 10.4. The SMILES string of the molecule is C=C(C)OC(=O)NCC(=O)N1CCC(COC(=O)Nc2cc(C)cs2)(C(=O)NCc2ccccc2Cl)CC1. The van der Waals surface area contributed by atoms with E-state index in [1.165, 1.54) is 18.3 Å². The predicted octanol–water partition coefficient (Wildman–Crippen LogP) is 4.44. The van der Waals surface area contributed by atoms with E-state index in [0.717, 1.165) is 11.1 Å². The lowest BCUT2D eigenvalue weighted by atomic mass is 9.78. The standard InChI is InChI=1S/C26H31ClN4O6S/c1-17(2)37-24(34)29-14-22(32)31-10-8-26(9-11-31,16-36-25(35)30-21-12-18(3)15-38-21)23(33)28-13-19-6-4-5-7-20(19)27/h4-7,12,15H,1,8-11,13-14,16H2,2-3H3,(H,28,33)(H,29,34)(H,30,35). The number of nitrogens with zero attached hydrogens (tertiary/aromatic N) is 1. The Morgan fingerprint density at radius 2 is 1.84 bits per heavy atom. The number of carbonyl (C=O) groups is 4. The molecule has 0 bridgehead atoms. The lowest BCUT2D eigenvalue weighted by Gasteiger charge is -2.40. The summed E-state index contributed by atoms with van der Waals surface area (Å²) in [7, 11) is 0. The maximum absolute atomic E-state index is 13.4. The number of hydrogen-bond donors (Lipinski definition) is 3. The van der Waals surface area contributed by atoms with Crippen LogP contribution in [0.5, 0.6) is 0 Å². The van der Waals surface area contributed by atoms with Crippen molar-refractivity contribution in [3.8, 4) is 0 Å². The fourth-order valence-corrected chi connectivity index (χ4v) is 4.90. The molecule has 3 rings (SSSR count). The summed E-state index contributed by atoms with van der Waals surface area (Å²) >= 11 is 7.60. The Morgan fingerprint density at radius 1 is 1.13 bits per heavy atom. The molecule has 1 aliphatic rings. The molecule has 12 heteroatoms. The van der Waals surface area contributed by atoms with Crippen LogP contribution < -0.4 is 16.0 Å². The Kier molecular flexibility index (Phi) is 10.1. The van der Waals surface area contributed by atoms with Gasteiger partial charge in [0, 0.05) is 24.7 Å². The first kappa shape index (κ1) is 29.0. The Bertz CT molecular complexity index is 1190. The van der Waals surface area contributed by atoms with E-state index >= 15 is 0 Å². The van der Waals surface area contributed by atoms with Crippen LogP contribution in [0.25, 0.3) is 0 Å². The summed E-state index contributed by atoms with van der Waals surface area (Å²) in [6.07, 6.45) is -0.913. The minimum Gasteiger partial charge on any atom is -0.448 e. The molecule has 0 atom stereocenters. The number of halogens is 1. The molecule has 204 valence electrons. The highest BCUT2D eigenvalue weighted by Crippen LogP contribution is 2.33. The third kappa shape index (κ3) is 8.22. The van der Waals surface area contributed by atoms with Gasteiger partial charge in [0.25, 0.3) is 0 Å². The molecule has 38 heavy (non-hydrogen) atoms. The molecule has 4 amide bonds. The van der Waals surface area contributed by atoms with E-state index in [2.05, 4.69) is 22.5 Å². The molecule has 0 unspecified atom stereocenters. The maximum atomic E-state index is 13.4. The van der Waals surface area contributed by atoms with Gasteiger partial charge in [0.05, 0.1) is 16.2 Å². The fourth-order valence-electron chi connectivity index (χ4n) is 3.92. The van der Waals surface area contributed by atoms with Gasteiger partial charge in [-0.1, -0.05) is 36.4 Å². The second kappa shape index (κ2) is 13.3. The van der Waals surface area contributed by atoms with Gasteiger partial charge in [-0.15, -0.1) is 11.3 Å². The summed E-state index contributed by atoms with van der Waals surface area (Å²) in [5.41, 5.74) is 0.720. The van der Waals surface area contributed by atoms with E-state index in [4.69, 9.17) is 21.1 Å². The van der Waals surface area contributed by atoms with Crippen LogP contribution >= 0.6 is 22.9 Å². The lowest BCUT2D eigenvalue weighted by Crippen LogP contribution is -2.53. The van der Waals surface area contributed by atoms with Gasteiger partial charge in [0.2, 0.25) is 11.8 Å². The smallest absolute Gasteiger partial charge is 0.412 e. The normalized spacial score (nSPS) is 14.2. The van der Waals surface area contributed by atoms with Crippen molar-refractivity contribution in [1.82, 2.24) is 15.5 Å². The number of rotatable bonds is 9. The van der Waals surface area contributed by atoms with E-state index in [1.54, 1.807) is 17.0 Å². The van der Waals surface area contributed by atoms with E-state index in [0.29, 0.717) is 10.0 Å². The molecule has 2 heterocycles. The quantitative estimate of drug-likeness (QED) is 0.388. The molecule has 1 aromatic heterocycles. The molecule has 1 fully saturated rings. The Labute approximate surface area is 230 Å². The van der Waals surface area contributed by atoms with Crippen molar-refractivity contribution in [3.05, 3.63) is 64.2 Å². The number of benzene rings is 1. The van der Waals surface area contributed by atoms with Crippen LogP contribution in [0.3, 0.4) is 0 Å². The molecule has 1 saturated heterocycles. The summed E-state index contributed by atoms with van der Waals surface area (Å²) in [5, 5.41) is 11.0. The van der Waals surface area contributed by atoms with Crippen molar-refractivity contribution in [2.45, 2.75) is 33.2 Å². The molecular weight excluding hydrogens is 532 g/mol. The summed E-state index contributed by atoms with van der Waals surface area (Å²) in [5.74, 6) is -0.410. The highest BCUT2D eigenvalue weighted by Gasteiger charge is 2.43. The van der Waals surface area contributed by atoms with E-state index < -0.39 is 17.6 Å². The Hall–Kier alpha value is -3.57. The topological polar surface area (TPSA) is 126 Å². The molecule has 0 saturated carbocycles. The third-order valence-corrected chi connectivity index (χ3v) is 7.37. The van der Waals surface area contributed by atoms with Gasteiger partial charge in [0.1, 0.15) is 13.2 Å². The lowest BCUT2D eigenvalue weighted by molar-refractivity contribution is -0.142. The van der Waals surface area contributed by atoms with Crippen molar-refractivity contribution in [2.24, 2.45) is 5.41 Å². The zero-order valence-electron chi connectivity index (χ0n) is 21.3. The van der Waals surface area contributed by atoms with Gasteiger partial charge >= 0.3 is 12.2 Å². The monoisotopic (exact) mass is 562 g/mol.